The molecule has 0 N–H and O–H groups in total. The van der Waals surface area contributed by atoms with Gasteiger partial charge in [0.25, 0.3) is 0 Å². The van der Waals surface area contributed by atoms with Crippen LogP contribution in [0, 0.1) is 0 Å². The average molecular weight is 314 g/mol. The molecule has 1 aromatic carbocycles. The molecular weight excluding hydrogens is 294 g/mol. The SMILES string of the molecule is CN(C)Cc1ccc2c(CCc3ccc(Cl)cc3)nccn12. The second-order valence-corrected chi connectivity index (χ2v) is 6.25. The summed E-state index contributed by atoms with van der Waals surface area (Å²) in [4.78, 5) is 6.75. The normalized spacial score (nSPS) is 11.5. The lowest BCUT2D eigenvalue weighted by molar-refractivity contribution is 0.395. The monoisotopic (exact) mass is 313 g/mol. The zero-order valence-corrected chi connectivity index (χ0v) is 13.7. The molecule has 0 saturated carbocycles. The third-order valence-electron chi connectivity index (χ3n) is 3.79. The lowest BCUT2D eigenvalue weighted by atomic mass is 10.1. The highest BCUT2D eigenvalue weighted by molar-refractivity contribution is 6.30. The van der Waals surface area contributed by atoms with Crippen molar-refractivity contribution in [2.45, 2.75) is 19.4 Å². The van der Waals surface area contributed by atoms with E-state index < -0.39 is 0 Å². The van der Waals surface area contributed by atoms with Crippen LogP contribution in [0.5, 0.6) is 0 Å². The molecule has 0 aliphatic heterocycles. The Balaban J connectivity index is 1.81. The summed E-state index contributed by atoms with van der Waals surface area (Å²) in [6.07, 6.45) is 5.83. The number of aromatic nitrogens is 2. The molecule has 0 saturated heterocycles. The summed E-state index contributed by atoms with van der Waals surface area (Å²) in [6.45, 7) is 0.925. The molecule has 114 valence electrons. The van der Waals surface area contributed by atoms with E-state index in [4.69, 9.17) is 11.6 Å². The molecule has 0 radical (unpaired) electrons. The van der Waals surface area contributed by atoms with Crippen LogP contribution in [-0.4, -0.2) is 28.4 Å². The maximum atomic E-state index is 5.93. The van der Waals surface area contributed by atoms with Gasteiger partial charge in [0.1, 0.15) is 0 Å². The maximum absolute atomic E-state index is 5.93. The van der Waals surface area contributed by atoms with Crippen molar-refractivity contribution in [2.75, 3.05) is 14.1 Å². The molecule has 3 aromatic rings. The second-order valence-electron chi connectivity index (χ2n) is 5.82. The van der Waals surface area contributed by atoms with Gasteiger partial charge in [-0.25, -0.2) is 0 Å². The van der Waals surface area contributed by atoms with Crippen molar-refractivity contribution >= 4 is 17.1 Å². The molecule has 0 aliphatic carbocycles. The molecule has 0 bridgehead atoms. The number of hydrogen-bond donors (Lipinski definition) is 0. The van der Waals surface area contributed by atoms with Crippen molar-refractivity contribution in [1.29, 1.82) is 0 Å². The minimum Gasteiger partial charge on any atom is -0.316 e. The Hall–Kier alpha value is -1.84. The van der Waals surface area contributed by atoms with Gasteiger partial charge in [-0.1, -0.05) is 23.7 Å². The van der Waals surface area contributed by atoms with E-state index in [1.165, 1.54) is 16.8 Å². The number of benzene rings is 1. The fraction of sp³-hybridized carbons (Fsp3) is 0.278. The number of rotatable bonds is 5. The van der Waals surface area contributed by atoms with Crippen LogP contribution in [0.4, 0.5) is 0 Å². The molecule has 0 atom stereocenters. The third kappa shape index (κ3) is 3.32. The van der Waals surface area contributed by atoms with Crippen LogP contribution in [0.15, 0.2) is 48.8 Å². The van der Waals surface area contributed by atoms with E-state index in [2.05, 4.69) is 52.6 Å². The number of halogens is 1. The van der Waals surface area contributed by atoms with E-state index >= 15 is 0 Å². The number of nitrogens with zero attached hydrogens (tertiary/aromatic N) is 3. The first-order valence-electron chi connectivity index (χ1n) is 7.46. The first-order chi connectivity index (χ1) is 10.6. The Morgan fingerprint density at radius 3 is 2.55 bits per heavy atom. The van der Waals surface area contributed by atoms with Gasteiger partial charge in [-0.2, -0.15) is 0 Å². The summed E-state index contributed by atoms with van der Waals surface area (Å²) < 4.78 is 2.24. The van der Waals surface area contributed by atoms with Gasteiger partial charge in [0.2, 0.25) is 0 Å². The summed E-state index contributed by atoms with van der Waals surface area (Å²) in [5.41, 5.74) is 4.92. The summed E-state index contributed by atoms with van der Waals surface area (Å²) >= 11 is 5.93. The van der Waals surface area contributed by atoms with E-state index in [-0.39, 0.29) is 0 Å². The maximum Gasteiger partial charge on any atom is 0.0669 e. The van der Waals surface area contributed by atoms with Crippen LogP contribution >= 0.6 is 11.6 Å². The van der Waals surface area contributed by atoms with Gasteiger partial charge >= 0.3 is 0 Å². The van der Waals surface area contributed by atoms with E-state index in [0.717, 1.165) is 30.1 Å². The predicted molar refractivity (Wildman–Crippen MR) is 91.4 cm³/mol. The van der Waals surface area contributed by atoms with Gasteiger partial charge in [-0.05, 0) is 56.8 Å². The Morgan fingerprint density at radius 1 is 1.05 bits per heavy atom. The molecule has 4 heteroatoms. The van der Waals surface area contributed by atoms with E-state index in [1.54, 1.807) is 0 Å². The van der Waals surface area contributed by atoms with Gasteiger partial charge in [-0.3, -0.25) is 4.98 Å². The number of aryl methyl sites for hydroxylation is 2. The number of fused-ring (bicyclic) bond motifs is 1. The predicted octanol–water partition coefficient (Wildman–Crippen LogP) is 3.83. The van der Waals surface area contributed by atoms with Crippen LogP contribution in [0.3, 0.4) is 0 Å². The molecular formula is C18H20ClN3. The summed E-state index contributed by atoms with van der Waals surface area (Å²) in [5.74, 6) is 0. The van der Waals surface area contributed by atoms with Crippen molar-refractivity contribution in [1.82, 2.24) is 14.3 Å². The summed E-state index contributed by atoms with van der Waals surface area (Å²) in [6, 6.07) is 12.4. The molecule has 22 heavy (non-hydrogen) atoms. The Kier molecular flexibility index (Phi) is 4.46. The molecule has 2 heterocycles. The van der Waals surface area contributed by atoms with Gasteiger partial charge in [0.15, 0.2) is 0 Å². The highest BCUT2D eigenvalue weighted by Gasteiger charge is 2.08. The Bertz CT molecular complexity index is 760. The molecule has 0 amide bonds. The molecule has 3 nitrogen and oxygen atoms in total. The standard InChI is InChI=1S/C18H20ClN3/c1-21(2)13-16-8-10-18-17(20-11-12-22(16)18)9-5-14-3-6-15(19)7-4-14/h3-4,6-8,10-12H,5,9,13H2,1-2H3. The van der Waals surface area contributed by atoms with E-state index in [0.29, 0.717) is 0 Å². The van der Waals surface area contributed by atoms with Gasteiger partial charge in [0.05, 0.1) is 11.2 Å². The summed E-state index contributed by atoms with van der Waals surface area (Å²) in [5, 5.41) is 0.781. The Labute approximate surface area is 136 Å². The topological polar surface area (TPSA) is 20.5 Å². The molecule has 0 spiro atoms. The van der Waals surface area contributed by atoms with Crippen molar-refractivity contribution < 1.29 is 0 Å². The molecule has 3 rings (SSSR count). The zero-order valence-electron chi connectivity index (χ0n) is 13.0. The van der Waals surface area contributed by atoms with Gasteiger partial charge in [0, 0.05) is 29.7 Å². The van der Waals surface area contributed by atoms with Crippen LogP contribution in [0.25, 0.3) is 5.52 Å². The quantitative estimate of drug-likeness (QED) is 0.713. The smallest absolute Gasteiger partial charge is 0.0669 e. The van der Waals surface area contributed by atoms with Crippen molar-refractivity contribution in [3.63, 3.8) is 0 Å². The number of hydrogen-bond acceptors (Lipinski definition) is 2. The lowest BCUT2D eigenvalue weighted by Crippen LogP contribution is -2.12. The fourth-order valence-electron chi connectivity index (χ4n) is 2.72. The van der Waals surface area contributed by atoms with Gasteiger partial charge in [-0.15, -0.1) is 0 Å². The van der Waals surface area contributed by atoms with Crippen LogP contribution < -0.4 is 0 Å². The fourth-order valence-corrected chi connectivity index (χ4v) is 2.84. The zero-order chi connectivity index (χ0) is 15.5. The van der Waals surface area contributed by atoms with Crippen molar-refractivity contribution in [2.24, 2.45) is 0 Å². The summed E-state index contributed by atoms with van der Waals surface area (Å²) in [7, 11) is 4.17. The minimum absolute atomic E-state index is 0.781. The third-order valence-corrected chi connectivity index (χ3v) is 4.04. The van der Waals surface area contributed by atoms with Crippen LogP contribution in [-0.2, 0) is 19.4 Å². The molecule has 0 unspecified atom stereocenters. The van der Waals surface area contributed by atoms with E-state index in [9.17, 15) is 0 Å². The molecule has 0 aliphatic rings. The highest BCUT2D eigenvalue weighted by Crippen LogP contribution is 2.17. The molecule has 0 fully saturated rings. The lowest BCUT2D eigenvalue weighted by Gasteiger charge is -2.10. The highest BCUT2D eigenvalue weighted by atomic mass is 35.5. The van der Waals surface area contributed by atoms with Crippen LogP contribution in [0.2, 0.25) is 5.02 Å². The van der Waals surface area contributed by atoms with Crippen molar-refractivity contribution in [3.05, 3.63) is 70.8 Å². The van der Waals surface area contributed by atoms with Crippen LogP contribution in [0.1, 0.15) is 17.0 Å². The average Bonchev–Trinajstić information content (AvgIpc) is 2.90. The first kappa shape index (κ1) is 15.1. The Morgan fingerprint density at radius 2 is 1.82 bits per heavy atom. The largest absolute Gasteiger partial charge is 0.316 e. The van der Waals surface area contributed by atoms with Gasteiger partial charge < -0.3 is 9.30 Å². The minimum atomic E-state index is 0.781. The second kappa shape index (κ2) is 6.51. The van der Waals surface area contributed by atoms with E-state index in [1.807, 2.05) is 24.5 Å². The van der Waals surface area contributed by atoms with Crippen molar-refractivity contribution in [3.8, 4) is 0 Å². The first-order valence-corrected chi connectivity index (χ1v) is 7.84. The molecule has 2 aromatic heterocycles.